The second kappa shape index (κ2) is 6.55. The van der Waals surface area contributed by atoms with E-state index in [2.05, 4.69) is 5.32 Å². The van der Waals surface area contributed by atoms with E-state index in [0.29, 0.717) is 6.04 Å². The molecule has 3 heteroatoms. The highest BCUT2D eigenvalue weighted by molar-refractivity contribution is 5.81. The van der Waals surface area contributed by atoms with Crippen molar-refractivity contribution in [3.63, 3.8) is 0 Å². The van der Waals surface area contributed by atoms with Crippen molar-refractivity contribution < 1.29 is 4.79 Å². The summed E-state index contributed by atoms with van der Waals surface area (Å²) < 4.78 is 0. The first-order chi connectivity index (χ1) is 8.77. The van der Waals surface area contributed by atoms with Crippen LogP contribution in [0.1, 0.15) is 50.1 Å². The van der Waals surface area contributed by atoms with Crippen LogP contribution in [0.2, 0.25) is 0 Å². The molecular formula is C15H22N2O. The van der Waals surface area contributed by atoms with Gasteiger partial charge in [-0.2, -0.15) is 0 Å². The van der Waals surface area contributed by atoms with Gasteiger partial charge in [-0.1, -0.05) is 56.0 Å². The molecule has 1 aromatic carbocycles. The largest absolute Gasteiger partial charge is 0.368 e. The van der Waals surface area contributed by atoms with Crippen LogP contribution >= 0.6 is 0 Å². The van der Waals surface area contributed by atoms with Crippen LogP contribution < -0.4 is 11.1 Å². The molecule has 0 spiro atoms. The number of nitrogens with one attached hydrogen (secondary N) is 1. The quantitative estimate of drug-likeness (QED) is 0.802. The van der Waals surface area contributed by atoms with Crippen LogP contribution in [0.5, 0.6) is 0 Å². The van der Waals surface area contributed by atoms with Crippen LogP contribution in [0.25, 0.3) is 0 Å². The SMILES string of the molecule is NC(=O)C(NC1CCCCCC1)c1ccccc1. The molecule has 1 atom stereocenters. The summed E-state index contributed by atoms with van der Waals surface area (Å²) in [5.74, 6) is -0.287. The minimum absolute atomic E-state index is 0.287. The highest BCUT2D eigenvalue weighted by Gasteiger charge is 2.22. The van der Waals surface area contributed by atoms with Crippen LogP contribution in [0.3, 0.4) is 0 Å². The van der Waals surface area contributed by atoms with Gasteiger partial charge in [-0.05, 0) is 18.4 Å². The third-order valence-electron chi connectivity index (χ3n) is 3.67. The van der Waals surface area contributed by atoms with Gasteiger partial charge in [0.2, 0.25) is 5.91 Å². The topological polar surface area (TPSA) is 55.1 Å². The van der Waals surface area contributed by atoms with E-state index in [9.17, 15) is 4.79 Å². The lowest BCUT2D eigenvalue weighted by Gasteiger charge is -2.23. The van der Waals surface area contributed by atoms with E-state index in [-0.39, 0.29) is 11.9 Å². The first-order valence-electron chi connectivity index (χ1n) is 6.87. The lowest BCUT2D eigenvalue weighted by atomic mass is 10.0. The fourth-order valence-corrected chi connectivity index (χ4v) is 2.67. The molecule has 0 saturated heterocycles. The zero-order valence-electron chi connectivity index (χ0n) is 10.8. The Kier molecular flexibility index (Phi) is 4.76. The molecule has 98 valence electrons. The summed E-state index contributed by atoms with van der Waals surface area (Å²) in [6.07, 6.45) is 7.42. The second-order valence-electron chi connectivity index (χ2n) is 5.10. The van der Waals surface area contributed by atoms with Crippen LogP contribution in [-0.4, -0.2) is 11.9 Å². The number of hydrogen-bond acceptors (Lipinski definition) is 2. The minimum Gasteiger partial charge on any atom is -0.368 e. The maximum atomic E-state index is 11.6. The minimum atomic E-state index is -0.353. The maximum Gasteiger partial charge on any atom is 0.239 e. The summed E-state index contributed by atoms with van der Waals surface area (Å²) in [4.78, 5) is 11.6. The maximum absolute atomic E-state index is 11.6. The Hall–Kier alpha value is -1.35. The number of carbonyl (C=O) groups is 1. The van der Waals surface area contributed by atoms with E-state index in [1.807, 2.05) is 30.3 Å². The Morgan fingerprint density at radius 2 is 1.72 bits per heavy atom. The normalized spacial score (nSPS) is 19.1. The number of amides is 1. The van der Waals surface area contributed by atoms with E-state index in [4.69, 9.17) is 5.73 Å². The molecule has 18 heavy (non-hydrogen) atoms. The van der Waals surface area contributed by atoms with E-state index in [1.54, 1.807) is 0 Å². The molecule has 1 aliphatic carbocycles. The van der Waals surface area contributed by atoms with Crippen molar-refractivity contribution in [2.75, 3.05) is 0 Å². The Bertz CT molecular complexity index is 369. The highest BCUT2D eigenvalue weighted by Crippen LogP contribution is 2.21. The molecular weight excluding hydrogens is 224 g/mol. The predicted octanol–water partition coefficient (Wildman–Crippen LogP) is 2.53. The van der Waals surface area contributed by atoms with Crippen LogP contribution in [0.15, 0.2) is 30.3 Å². The predicted molar refractivity (Wildman–Crippen MR) is 73.0 cm³/mol. The average molecular weight is 246 g/mol. The smallest absolute Gasteiger partial charge is 0.239 e. The van der Waals surface area contributed by atoms with Gasteiger partial charge < -0.3 is 5.73 Å². The fourth-order valence-electron chi connectivity index (χ4n) is 2.67. The van der Waals surface area contributed by atoms with Gasteiger partial charge >= 0.3 is 0 Å². The highest BCUT2D eigenvalue weighted by atomic mass is 16.1. The number of carbonyl (C=O) groups excluding carboxylic acids is 1. The van der Waals surface area contributed by atoms with Crippen LogP contribution in [0, 0.1) is 0 Å². The monoisotopic (exact) mass is 246 g/mol. The summed E-state index contributed by atoms with van der Waals surface area (Å²) in [6, 6.07) is 9.82. The number of nitrogens with two attached hydrogens (primary N) is 1. The Labute approximate surface area is 109 Å². The van der Waals surface area contributed by atoms with Crippen molar-refractivity contribution in [3.05, 3.63) is 35.9 Å². The Balaban J connectivity index is 2.04. The van der Waals surface area contributed by atoms with Crippen molar-refractivity contribution in [2.24, 2.45) is 5.73 Å². The molecule has 0 radical (unpaired) electrons. The van der Waals surface area contributed by atoms with Crippen molar-refractivity contribution in [1.82, 2.24) is 5.32 Å². The van der Waals surface area contributed by atoms with Gasteiger partial charge in [0.25, 0.3) is 0 Å². The first kappa shape index (κ1) is 13.1. The van der Waals surface area contributed by atoms with Gasteiger partial charge in [0.1, 0.15) is 6.04 Å². The third kappa shape index (κ3) is 3.57. The molecule has 1 unspecified atom stereocenters. The molecule has 0 bridgehead atoms. The second-order valence-corrected chi connectivity index (χ2v) is 5.10. The molecule has 1 aromatic rings. The van der Waals surface area contributed by atoms with E-state index in [0.717, 1.165) is 18.4 Å². The fraction of sp³-hybridized carbons (Fsp3) is 0.533. The number of benzene rings is 1. The molecule has 0 aromatic heterocycles. The van der Waals surface area contributed by atoms with Gasteiger partial charge in [0, 0.05) is 6.04 Å². The van der Waals surface area contributed by atoms with Gasteiger partial charge in [-0.15, -0.1) is 0 Å². The number of primary amides is 1. The van der Waals surface area contributed by atoms with Crippen molar-refractivity contribution in [3.8, 4) is 0 Å². The lowest BCUT2D eigenvalue weighted by Crippen LogP contribution is -2.39. The molecule has 3 nitrogen and oxygen atoms in total. The van der Waals surface area contributed by atoms with Gasteiger partial charge in [-0.25, -0.2) is 0 Å². The summed E-state index contributed by atoms with van der Waals surface area (Å²) in [6.45, 7) is 0. The zero-order valence-corrected chi connectivity index (χ0v) is 10.8. The Morgan fingerprint density at radius 3 is 2.28 bits per heavy atom. The van der Waals surface area contributed by atoms with Crippen molar-refractivity contribution in [2.45, 2.75) is 50.6 Å². The molecule has 2 rings (SSSR count). The van der Waals surface area contributed by atoms with Crippen molar-refractivity contribution >= 4 is 5.91 Å². The average Bonchev–Trinajstić information content (AvgIpc) is 2.65. The van der Waals surface area contributed by atoms with E-state index in [1.165, 1.54) is 25.7 Å². The number of rotatable bonds is 4. The molecule has 0 aliphatic heterocycles. The van der Waals surface area contributed by atoms with E-state index < -0.39 is 0 Å². The third-order valence-corrected chi connectivity index (χ3v) is 3.67. The van der Waals surface area contributed by atoms with Gasteiger partial charge in [-0.3, -0.25) is 10.1 Å². The summed E-state index contributed by atoms with van der Waals surface area (Å²) in [7, 11) is 0. The standard InChI is InChI=1S/C15H22N2O/c16-15(18)14(12-8-4-3-5-9-12)17-13-10-6-1-2-7-11-13/h3-5,8-9,13-14,17H,1-2,6-7,10-11H2,(H2,16,18). The first-order valence-corrected chi connectivity index (χ1v) is 6.87. The summed E-state index contributed by atoms with van der Waals surface area (Å²) in [5.41, 5.74) is 6.49. The zero-order chi connectivity index (χ0) is 12.8. The van der Waals surface area contributed by atoms with Gasteiger partial charge in [0.05, 0.1) is 0 Å². The number of hydrogen-bond donors (Lipinski definition) is 2. The lowest BCUT2D eigenvalue weighted by molar-refractivity contribution is -0.120. The van der Waals surface area contributed by atoms with Gasteiger partial charge in [0.15, 0.2) is 0 Å². The summed E-state index contributed by atoms with van der Waals surface area (Å²) in [5, 5.41) is 3.44. The van der Waals surface area contributed by atoms with E-state index >= 15 is 0 Å². The summed E-state index contributed by atoms with van der Waals surface area (Å²) >= 11 is 0. The van der Waals surface area contributed by atoms with Crippen LogP contribution in [0.4, 0.5) is 0 Å². The molecule has 0 heterocycles. The molecule has 1 amide bonds. The molecule has 1 aliphatic rings. The molecule has 1 fully saturated rings. The van der Waals surface area contributed by atoms with Crippen LogP contribution in [-0.2, 0) is 4.79 Å². The van der Waals surface area contributed by atoms with Crippen molar-refractivity contribution in [1.29, 1.82) is 0 Å². The Morgan fingerprint density at radius 1 is 1.11 bits per heavy atom. The molecule has 1 saturated carbocycles. The molecule has 3 N–H and O–H groups in total.